The molecular weight excluding hydrogens is 160 g/mol. The SMILES string of the molecule is CC1=C(CO)[C@H]2C[C@@H]([C@@H]1C)C2(C)C. The Bertz CT molecular complexity index is 262. The summed E-state index contributed by atoms with van der Waals surface area (Å²) in [6.45, 7) is 9.49. The maximum atomic E-state index is 9.35. The van der Waals surface area contributed by atoms with E-state index in [1.165, 1.54) is 17.6 Å². The second-order valence-corrected chi connectivity index (χ2v) is 5.37. The molecule has 0 saturated heterocycles. The fourth-order valence-electron chi connectivity index (χ4n) is 3.50. The molecule has 1 saturated carbocycles. The number of aliphatic hydroxyl groups is 1. The van der Waals surface area contributed by atoms with Gasteiger partial charge in [0.1, 0.15) is 0 Å². The molecular formula is C12H20O. The normalized spacial score (nSPS) is 41.8. The number of aliphatic hydroxyl groups excluding tert-OH is 1. The van der Waals surface area contributed by atoms with Gasteiger partial charge in [0.15, 0.2) is 0 Å². The van der Waals surface area contributed by atoms with Crippen LogP contribution in [0.25, 0.3) is 0 Å². The second kappa shape index (κ2) is 2.60. The van der Waals surface area contributed by atoms with Gasteiger partial charge in [-0.3, -0.25) is 0 Å². The molecule has 1 nitrogen and oxygen atoms in total. The van der Waals surface area contributed by atoms with Crippen molar-refractivity contribution in [3.63, 3.8) is 0 Å². The molecule has 0 heterocycles. The number of fused-ring (bicyclic) bond motifs is 1. The predicted molar refractivity (Wildman–Crippen MR) is 54.3 cm³/mol. The molecule has 3 atom stereocenters. The van der Waals surface area contributed by atoms with Gasteiger partial charge in [-0.2, -0.15) is 0 Å². The summed E-state index contributed by atoms with van der Waals surface area (Å²) in [5.74, 6) is 2.20. The minimum atomic E-state index is 0.275. The van der Waals surface area contributed by atoms with Crippen LogP contribution in [0.1, 0.15) is 34.1 Å². The maximum Gasteiger partial charge on any atom is 0.0647 e. The molecule has 3 aliphatic rings. The van der Waals surface area contributed by atoms with Crippen LogP contribution in [0.5, 0.6) is 0 Å². The fraction of sp³-hybridized carbons (Fsp3) is 0.833. The fourth-order valence-corrected chi connectivity index (χ4v) is 3.50. The first kappa shape index (κ1) is 9.26. The van der Waals surface area contributed by atoms with Crippen LogP contribution in [-0.4, -0.2) is 11.7 Å². The van der Waals surface area contributed by atoms with E-state index in [0.29, 0.717) is 17.3 Å². The van der Waals surface area contributed by atoms with E-state index in [9.17, 15) is 5.11 Å². The van der Waals surface area contributed by atoms with E-state index >= 15 is 0 Å². The van der Waals surface area contributed by atoms with Crippen LogP contribution in [0.15, 0.2) is 11.1 Å². The van der Waals surface area contributed by atoms with Crippen LogP contribution < -0.4 is 0 Å². The van der Waals surface area contributed by atoms with Crippen molar-refractivity contribution < 1.29 is 5.11 Å². The van der Waals surface area contributed by atoms with Gasteiger partial charge in [0.05, 0.1) is 6.61 Å². The molecule has 3 aliphatic carbocycles. The Morgan fingerprint density at radius 1 is 1.46 bits per heavy atom. The molecule has 0 radical (unpaired) electrons. The molecule has 0 aliphatic heterocycles. The molecule has 1 fully saturated rings. The molecule has 0 spiro atoms. The zero-order chi connectivity index (χ0) is 9.80. The summed E-state index contributed by atoms with van der Waals surface area (Å²) in [5.41, 5.74) is 3.24. The monoisotopic (exact) mass is 180 g/mol. The highest BCUT2D eigenvalue weighted by molar-refractivity contribution is 5.31. The minimum absolute atomic E-state index is 0.275. The van der Waals surface area contributed by atoms with Crippen molar-refractivity contribution in [2.45, 2.75) is 34.1 Å². The lowest BCUT2D eigenvalue weighted by Gasteiger charge is -2.60. The quantitative estimate of drug-likeness (QED) is 0.615. The smallest absolute Gasteiger partial charge is 0.0647 e. The number of rotatable bonds is 1. The Kier molecular flexibility index (Phi) is 1.85. The van der Waals surface area contributed by atoms with E-state index in [4.69, 9.17) is 0 Å². The zero-order valence-electron chi connectivity index (χ0n) is 9.09. The summed E-state index contributed by atoms with van der Waals surface area (Å²) in [7, 11) is 0. The standard InChI is InChI=1S/C12H20O/c1-7-8(2)10-5-11(9(7)6-13)12(10,3)4/h8,10-11,13H,5-6H2,1-4H3/t8-,10+,11-/m1/s1. The highest BCUT2D eigenvalue weighted by atomic mass is 16.3. The first-order chi connectivity index (χ1) is 6.00. The maximum absolute atomic E-state index is 9.35. The van der Waals surface area contributed by atoms with Crippen molar-refractivity contribution in [2.24, 2.45) is 23.2 Å². The molecule has 74 valence electrons. The molecule has 0 amide bonds. The third-order valence-electron chi connectivity index (χ3n) is 4.73. The van der Waals surface area contributed by atoms with E-state index in [2.05, 4.69) is 27.7 Å². The van der Waals surface area contributed by atoms with Gasteiger partial charge in [-0.15, -0.1) is 0 Å². The lowest BCUT2D eigenvalue weighted by atomic mass is 9.44. The van der Waals surface area contributed by atoms with Gasteiger partial charge in [-0.05, 0) is 42.1 Å². The number of allylic oxidation sites excluding steroid dienone is 1. The molecule has 2 bridgehead atoms. The summed E-state index contributed by atoms with van der Waals surface area (Å²) in [6.07, 6.45) is 1.31. The van der Waals surface area contributed by atoms with E-state index in [0.717, 1.165) is 5.92 Å². The largest absolute Gasteiger partial charge is 0.392 e. The highest BCUT2D eigenvalue weighted by Gasteiger charge is 2.55. The van der Waals surface area contributed by atoms with Gasteiger partial charge in [0, 0.05) is 0 Å². The molecule has 13 heavy (non-hydrogen) atoms. The van der Waals surface area contributed by atoms with Crippen molar-refractivity contribution >= 4 is 0 Å². The third kappa shape index (κ3) is 0.969. The predicted octanol–water partition coefficient (Wildman–Crippen LogP) is 2.61. The van der Waals surface area contributed by atoms with Crippen molar-refractivity contribution in [3.05, 3.63) is 11.1 Å². The van der Waals surface area contributed by atoms with Crippen LogP contribution in [0, 0.1) is 23.2 Å². The molecule has 0 aromatic carbocycles. The van der Waals surface area contributed by atoms with Gasteiger partial charge in [-0.25, -0.2) is 0 Å². The molecule has 0 aromatic heterocycles. The van der Waals surface area contributed by atoms with Crippen LogP contribution in [-0.2, 0) is 0 Å². The van der Waals surface area contributed by atoms with E-state index in [1.54, 1.807) is 0 Å². The van der Waals surface area contributed by atoms with Crippen molar-refractivity contribution in [3.8, 4) is 0 Å². The Labute approximate surface area is 80.8 Å². The van der Waals surface area contributed by atoms with Crippen LogP contribution in [0.2, 0.25) is 0 Å². The Balaban J connectivity index is 2.40. The van der Waals surface area contributed by atoms with Crippen molar-refractivity contribution in [1.82, 2.24) is 0 Å². The molecule has 0 aromatic rings. The van der Waals surface area contributed by atoms with E-state index < -0.39 is 0 Å². The average molecular weight is 180 g/mol. The Morgan fingerprint density at radius 2 is 2.08 bits per heavy atom. The summed E-state index contributed by atoms with van der Waals surface area (Å²) in [6, 6.07) is 0. The summed E-state index contributed by atoms with van der Waals surface area (Å²) < 4.78 is 0. The third-order valence-corrected chi connectivity index (χ3v) is 4.73. The van der Waals surface area contributed by atoms with Gasteiger partial charge >= 0.3 is 0 Å². The first-order valence-electron chi connectivity index (χ1n) is 5.30. The second-order valence-electron chi connectivity index (χ2n) is 5.37. The van der Waals surface area contributed by atoms with Gasteiger partial charge in [0.25, 0.3) is 0 Å². The molecule has 0 unspecified atom stereocenters. The van der Waals surface area contributed by atoms with Crippen LogP contribution >= 0.6 is 0 Å². The van der Waals surface area contributed by atoms with E-state index in [-0.39, 0.29) is 6.61 Å². The van der Waals surface area contributed by atoms with Gasteiger partial charge in [-0.1, -0.05) is 26.3 Å². The zero-order valence-corrected chi connectivity index (χ0v) is 9.09. The summed E-state index contributed by atoms with van der Waals surface area (Å²) >= 11 is 0. The lowest BCUT2D eigenvalue weighted by Crippen LogP contribution is -2.53. The topological polar surface area (TPSA) is 20.2 Å². The first-order valence-corrected chi connectivity index (χ1v) is 5.30. The van der Waals surface area contributed by atoms with E-state index in [1.807, 2.05) is 0 Å². The molecule has 1 heteroatoms. The Morgan fingerprint density at radius 3 is 2.54 bits per heavy atom. The minimum Gasteiger partial charge on any atom is -0.392 e. The van der Waals surface area contributed by atoms with Crippen LogP contribution in [0.3, 0.4) is 0 Å². The highest BCUT2D eigenvalue weighted by Crippen LogP contribution is 2.62. The summed E-state index contributed by atoms with van der Waals surface area (Å²) in [4.78, 5) is 0. The van der Waals surface area contributed by atoms with Gasteiger partial charge in [0.2, 0.25) is 0 Å². The van der Waals surface area contributed by atoms with Crippen molar-refractivity contribution in [2.75, 3.05) is 6.61 Å². The molecule has 3 rings (SSSR count). The average Bonchev–Trinajstić information content (AvgIpc) is 2.08. The molecule has 1 N–H and O–H groups in total. The number of hydrogen-bond donors (Lipinski definition) is 1. The number of hydrogen-bond acceptors (Lipinski definition) is 1. The summed E-state index contributed by atoms with van der Waals surface area (Å²) in [5, 5.41) is 9.35. The van der Waals surface area contributed by atoms with Crippen molar-refractivity contribution in [1.29, 1.82) is 0 Å². The van der Waals surface area contributed by atoms with Gasteiger partial charge < -0.3 is 5.11 Å². The lowest BCUT2D eigenvalue weighted by molar-refractivity contribution is -0.0455. The van der Waals surface area contributed by atoms with Crippen LogP contribution in [0.4, 0.5) is 0 Å². The Hall–Kier alpha value is -0.300.